The number of rotatable bonds is 2. The first-order valence-electron chi connectivity index (χ1n) is 9.45. The van der Waals surface area contributed by atoms with Gasteiger partial charge in [0.15, 0.2) is 0 Å². The van der Waals surface area contributed by atoms with Gasteiger partial charge in [-0.2, -0.15) is 0 Å². The van der Waals surface area contributed by atoms with Gasteiger partial charge in [0.1, 0.15) is 0 Å². The van der Waals surface area contributed by atoms with Crippen LogP contribution in [0, 0.1) is 41.7 Å². The third kappa shape index (κ3) is 1.73. The van der Waals surface area contributed by atoms with Crippen LogP contribution in [0.1, 0.15) is 18.1 Å². The van der Waals surface area contributed by atoms with Crippen molar-refractivity contribution in [2.75, 3.05) is 0 Å². The van der Waals surface area contributed by atoms with Crippen LogP contribution < -0.4 is 0 Å². The molecule has 0 heterocycles. The van der Waals surface area contributed by atoms with Crippen LogP contribution in [0.2, 0.25) is 0 Å². The molecule has 4 aromatic carbocycles. The number of allylic oxidation sites excluding steroid dienone is 1. The van der Waals surface area contributed by atoms with Gasteiger partial charge in [0, 0.05) is 0 Å². The Balaban J connectivity index is 2.01. The molecule has 4 aromatic rings. The number of fused-ring (bicyclic) bond motifs is 2. The van der Waals surface area contributed by atoms with Gasteiger partial charge in [-0.1, -0.05) is 73.3 Å². The summed E-state index contributed by atoms with van der Waals surface area (Å²) in [5.74, 6) is 0. The lowest BCUT2D eigenvalue weighted by atomic mass is 10.0. The van der Waals surface area contributed by atoms with Crippen molar-refractivity contribution in [3.8, 4) is 0 Å². The summed E-state index contributed by atoms with van der Waals surface area (Å²) in [6.07, 6.45) is 6.23. The maximum atomic E-state index is 4.03. The molecule has 0 radical (unpaired) electrons. The standard InChI is InChI=1S/C27H18/c1-3-7-17-15-25-23-13-11-21-19-9-6-5-8-18(19)20-10-12-22(27(23)26(20)21)24(25)14-16(17)4-2/h3-15H,2H2,1H3. The first-order chi connectivity index (χ1) is 13.3. The summed E-state index contributed by atoms with van der Waals surface area (Å²) in [4.78, 5) is 0. The molecule has 0 bridgehead atoms. The van der Waals surface area contributed by atoms with E-state index in [1.165, 1.54) is 63.6 Å². The molecule has 0 aliphatic heterocycles. The van der Waals surface area contributed by atoms with Gasteiger partial charge in [0.25, 0.3) is 0 Å². The monoisotopic (exact) mass is 342 g/mol. The van der Waals surface area contributed by atoms with Crippen LogP contribution in [-0.4, -0.2) is 0 Å². The van der Waals surface area contributed by atoms with E-state index in [4.69, 9.17) is 0 Å². The average Bonchev–Trinajstić information content (AvgIpc) is 3.20. The Morgan fingerprint density at radius 1 is 0.593 bits per heavy atom. The highest BCUT2D eigenvalue weighted by molar-refractivity contribution is 5.88. The fourth-order valence-corrected chi connectivity index (χ4v) is 4.93. The van der Waals surface area contributed by atoms with Crippen LogP contribution in [0.3, 0.4) is 0 Å². The van der Waals surface area contributed by atoms with Crippen molar-refractivity contribution in [2.45, 2.75) is 6.92 Å². The summed E-state index contributed by atoms with van der Waals surface area (Å²) in [6, 6.07) is 22.6. The van der Waals surface area contributed by atoms with E-state index in [0.717, 1.165) is 0 Å². The molecule has 0 fully saturated rings. The Hall–Kier alpha value is -3.38. The maximum Gasteiger partial charge on any atom is -0.00139 e. The molecular formula is C27H18. The Morgan fingerprint density at radius 2 is 1.07 bits per heavy atom. The van der Waals surface area contributed by atoms with Crippen molar-refractivity contribution < 1.29 is 0 Å². The molecule has 0 spiro atoms. The minimum atomic E-state index is 1.19. The quantitative estimate of drug-likeness (QED) is 0.347. The van der Waals surface area contributed by atoms with E-state index in [1.807, 2.05) is 6.08 Å². The molecule has 2 aliphatic rings. The highest BCUT2D eigenvalue weighted by Gasteiger charge is 2.13. The predicted molar refractivity (Wildman–Crippen MR) is 112 cm³/mol. The van der Waals surface area contributed by atoms with Gasteiger partial charge in [0.2, 0.25) is 0 Å². The topological polar surface area (TPSA) is 0 Å². The molecule has 0 aromatic heterocycles. The Bertz CT molecular complexity index is 1700. The lowest BCUT2D eigenvalue weighted by molar-refractivity contribution is 1.44. The fourth-order valence-electron chi connectivity index (χ4n) is 4.93. The van der Waals surface area contributed by atoms with Gasteiger partial charge in [0.05, 0.1) is 0 Å². The molecule has 0 unspecified atom stereocenters. The van der Waals surface area contributed by atoms with Crippen LogP contribution >= 0.6 is 0 Å². The van der Waals surface area contributed by atoms with E-state index < -0.39 is 0 Å². The van der Waals surface area contributed by atoms with E-state index in [0.29, 0.717) is 0 Å². The molecule has 6 rings (SSSR count). The first kappa shape index (κ1) is 14.8. The summed E-state index contributed by atoms with van der Waals surface area (Å²) >= 11 is 0. The molecule has 27 heavy (non-hydrogen) atoms. The van der Waals surface area contributed by atoms with Crippen molar-refractivity contribution in [1.82, 2.24) is 0 Å². The van der Waals surface area contributed by atoms with Crippen LogP contribution in [0.5, 0.6) is 0 Å². The second kappa shape index (κ2) is 5.08. The van der Waals surface area contributed by atoms with Gasteiger partial charge < -0.3 is 0 Å². The molecule has 2 aliphatic carbocycles. The number of hydrogen-bond acceptors (Lipinski definition) is 0. The summed E-state index contributed by atoms with van der Waals surface area (Å²) in [7, 11) is 0. The Labute approximate surface area is 156 Å². The molecule has 0 heteroatoms. The molecular weight excluding hydrogens is 324 g/mol. The molecule has 0 saturated heterocycles. The molecule has 0 atom stereocenters. The van der Waals surface area contributed by atoms with E-state index >= 15 is 0 Å². The van der Waals surface area contributed by atoms with Gasteiger partial charge in [-0.25, -0.2) is 0 Å². The van der Waals surface area contributed by atoms with Crippen molar-refractivity contribution in [3.05, 3.63) is 126 Å². The number of hydrogen-bond donors (Lipinski definition) is 0. The minimum Gasteiger partial charge on any atom is -0.0984 e. The van der Waals surface area contributed by atoms with Crippen LogP contribution in [0.25, 0.3) is 22.9 Å². The lowest BCUT2D eigenvalue weighted by Gasteiger charge is -2.01. The fraction of sp³-hybridized carbons (Fsp3) is 0.0370. The molecule has 0 nitrogen and oxygen atoms in total. The normalized spacial score (nSPS) is 12.6. The SMILES string of the molecule is C=Cc1cc2c(cc1C=CC)=c1ccc3c4c(ccc=2c14)=c1ccccc1=3. The maximum absolute atomic E-state index is 4.03. The Morgan fingerprint density at radius 3 is 1.56 bits per heavy atom. The van der Waals surface area contributed by atoms with Crippen LogP contribution in [-0.2, 0) is 0 Å². The highest BCUT2D eigenvalue weighted by atomic mass is 14.2. The number of benzene rings is 4. The smallest absolute Gasteiger partial charge is 0.00139 e. The van der Waals surface area contributed by atoms with Crippen LogP contribution in [0.4, 0.5) is 0 Å². The van der Waals surface area contributed by atoms with Crippen molar-refractivity contribution in [2.24, 2.45) is 0 Å². The third-order valence-electron chi connectivity index (χ3n) is 6.04. The zero-order valence-electron chi connectivity index (χ0n) is 15.2. The van der Waals surface area contributed by atoms with E-state index in [9.17, 15) is 0 Å². The summed E-state index contributed by atoms with van der Waals surface area (Å²) in [6.45, 7) is 6.09. The zero-order valence-corrected chi connectivity index (χ0v) is 15.2. The summed E-state index contributed by atoms with van der Waals surface area (Å²) < 4.78 is 0. The van der Waals surface area contributed by atoms with Crippen LogP contribution in [0.15, 0.2) is 73.3 Å². The van der Waals surface area contributed by atoms with Gasteiger partial charge in [-0.3, -0.25) is 0 Å². The van der Waals surface area contributed by atoms with Crippen molar-refractivity contribution in [3.63, 3.8) is 0 Å². The van der Waals surface area contributed by atoms with E-state index in [-0.39, 0.29) is 0 Å². The minimum absolute atomic E-state index is 1.19. The molecule has 0 amide bonds. The second-order valence-electron chi connectivity index (χ2n) is 7.35. The third-order valence-corrected chi connectivity index (χ3v) is 6.04. The van der Waals surface area contributed by atoms with E-state index in [1.54, 1.807) is 0 Å². The summed E-state index contributed by atoms with van der Waals surface area (Å²) in [5.41, 5.74) is 2.42. The largest absolute Gasteiger partial charge is 0.0984 e. The molecule has 0 N–H and O–H groups in total. The summed E-state index contributed by atoms with van der Waals surface area (Å²) in [5, 5.41) is 13.6. The second-order valence-corrected chi connectivity index (χ2v) is 7.35. The first-order valence-corrected chi connectivity index (χ1v) is 9.45. The zero-order chi connectivity index (χ0) is 18.1. The lowest BCUT2D eigenvalue weighted by Crippen LogP contribution is -1.83. The van der Waals surface area contributed by atoms with Crippen molar-refractivity contribution >= 4 is 22.9 Å². The highest BCUT2D eigenvalue weighted by Crippen LogP contribution is 2.30. The van der Waals surface area contributed by atoms with Crippen molar-refractivity contribution in [1.29, 1.82) is 0 Å². The predicted octanol–water partition coefficient (Wildman–Crippen LogP) is 6.29. The van der Waals surface area contributed by atoms with E-state index in [2.05, 4.69) is 86.3 Å². The average molecular weight is 342 g/mol. The Kier molecular flexibility index (Phi) is 2.78. The van der Waals surface area contributed by atoms with Gasteiger partial charge >= 0.3 is 0 Å². The van der Waals surface area contributed by atoms with Gasteiger partial charge in [-0.05, 0) is 82.7 Å². The molecule has 126 valence electrons. The molecule has 0 saturated carbocycles. The van der Waals surface area contributed by atoms with Gasteiger partial charge in [-0.15, -0.1) is 0 Å².